The molecule has 15 heteroatoms. The number of imide groups is 2. The van der Waals surface area contributed by atoms with Crippen LogP contribution in [0.25, 0.3) is 0 Å². The average molecular weight is 817 g/mol. The molecule has 1 saturated carbocycles. The lowest BCUT2D eigenvalue weighted by Gasteiger charge is -2.50. The van der Waals surface area contributed by atoms with Crippen LogP contribution in [0.15, 0.2) is 54.1 Å². The summed E-state index contributed by atoms with van der Waals surface area (Å²) >= 11 is 16.3. The highest BCUT2D eigenvalue weighted by Crippen LogP contribution is 2.66. The van der Waals surface area contributed by atoms with Gasteiger partial charge in [-0.3, -0.25) is 24.1 Å². The molecule has 1 N–H and O–H groups in total. The molecule has 4 amide bonds. The van der Waals surface area contributed by atoms with E-state index in [-0.39, 0.29) is 22.6 Å². The summed E-state index contributed by atoms with van der Waals surface area (Å²) in [5.74, 6) is -21.1. The summed E-state index contributed by atoms with van der Waals surface area (Å²) in [5.41, 5.74) is -0.720. The second kappa shape index (κ2) is 11.0. The molecule has 2 aliphatic heterocycles. The van der Waals surface area contributed by atoms with E-state index >= 15 is 8.78 Å². The molecule has 2 heterocycles. The molecule has 4 aliphatic rings. The lowest BCUT2D eigenvalue weighted by atomic mass is 9.56. The van der Waals surface area contributed by atoms with E-state index in [1.165, 1.54) is 25.1 Å². The number of hydrogen-bond acceptors (Lipinski definition) is 5. The Kier molecular flexibility index (Phi) is 7.54. The topological polar surface area (TPSA) is 95.0 Å². The Morgan fingerprint density at radius 1 is 0.812 bits per heavy atom. The van der Waals surface area contributed by atoms with Crippen LogP contribution in [-0.4, -0.2) is 38.5 Å². The molecule has 0 spiro atoms. The van der Waals surface area contributed by atoms with Crippen LogP contribution < -0.4 is 9.80 Å². The average Bonchev–Trinajstić information content (AvgIpc) is 3.39. The van der Waals surface area contributed by atoms with Gasteiger partial charge < -0.3 is 5.11 Å². The lowest BCUT2D eigenvalue weighted by molar-refractivity contribution is -0.125. The number of carbonyl (C=O) groups is 4. The van der Waals surface area contributed by atoms with Crippen molar-refractivity contribution in [2.45, 2.75) is 35.4 Å². The SMILES string of the molecule is Cc1cc([C@H]2C3=CC[C@@H]4C(=O)N(c5ccc(I)cc5)C(=O)[C@@H]4[C@@H]3C[C@@]3(Cl)C(=O)N(c4c(F)c(F)c(F)c(F)c4F)C(=O)[C@@]23Cl)ccc1O. The highest BCUT2D eigenvalue weighted by molar-refractivity contribution is 14.1. The number of hydrogen-bond donors (Lipinski definition) is 1. The quantitative estimate of drug-likeness (QED) is 0.0600. The first kappa shape index (κ1) is 33.0. The molecule has 2 saturated heterocycles. The molecule has 0 aromatic heterocycles. The highest BCUT2D eigenvalue weighted by atomic mass is 127. The van der Waals surface area contributed by atoms with Gasteiger partial charge in [0.25, 0.3) is 11.8 Å². The van der Waals surface area contributed by atoms with Gasteiger partial charge in [0.05, 0.1) is 17.5 Å². The predicted molar refractivity (Wildman–Crippen MR) is 171 cm³/mol. The Labute approximate surface area is 292 Å². The summed E-state index contributed by atoms with van der Waals surface area (Å²) in [5, 5.41) is 10.3. The van der Waals surface area contributed by atoms with Crippen LogP contribution in [-0.2, 0) is 19.2 Å². The van der Waals surface area contributed by atoms with Crippen molar-refractivity contribution in [3.05, 3.63) is 97.9 Å². The molecule has 3 fully saturated rings. The van der Waals surface area contributed by atoms with Crippen LogP contribution in [0, 0.1) is 57.3 Å². The number of allylic oxidation sites excluding steroid dienone is 2. The Balaban J connectivity index is 1.43. The fraction of sp³-hybridized carbons (Fsp3) is 0.273. The molecule has 7 rings (SSSR count). The first-order valence-electron chi connectivity index (χ1n) is 14.5. The molecule has 0 radical (unpaired) electrons. The lowest BCUT2D eigenvalue weighted by Crippen LogP contribution is -2.60. The van der Waals surface area contributed by atoms with Gasteiger partial charge in [-0.2, -0.15) is 0 Å². The first-order valence-corrected chi connectivity index (χ1v) is 16.3. The van der Waals surface area contributed by atoms with Crippen LogP contribution in [0.1, 0.15) is 29.9 Å². The van der Waals surface area contributed by atoms with Crippen LogP contribution in [0.3, 0.4) is 0 Å². The molecule has 7 nitrogen and oxygen atoms in total. The van der Waals surface area contributed by atoms with Gasteiger partial charge in [-0.15, -0.1) is 23.2 Å². The van der Waals surface area contributed by atoms with Gasteiger partial charge >= 0.3 is 0 Å². The van der Waals surface area contributed by atoms with Gasteiger partial charge in [-0.05, 0) is 89.7 Å². The summed E-state index contributed by atoms with van der Waals surface area (Å²) in [6.45, 7) is 1.53. The number of rotatable bonds is 3. The Morgan fingerprint density at radius 2 is 1.42 bits per heavy atom. The third kappa shape index (κ3) is 4.16. The van der Waals surface area contributed by atoms with E-state index in [1.807, 2.05) is 0 Å². The van der Waals surface area contributed by atoms with Crippen molar-refractivity contribution in [2.75, 3.05) is 9.80 Å². The first-order chi connectivity index (χ1) is 22.6. The maximum Gasteiger partial charge on any atom is 0.258 e. The van der Waals surface area contributed by atoms with Gasteiger partial charge in [0.2, 0.25) is 17.6 Å². The monoisotopic (exact) mass is 816 g/mol. The molecule has 0 bridgehead atoms. The van der Waals surface area contributed by atoms with E-state index < -0.39 is 98.2 Å². The number of aromatic hydroxyl groups is 1. The van der Waals surface area contributed by atoms with Crippen molar-refractivity contribution in [3.8, 4) is 5.75 Å². The number of phenols is 1. The second-order valence-corrected chi connectivity index (χ2v) is 14.7. The zero-order valence-electron chi connectivity index (χ0n) is 24.3. The molecule has 3 aromatic carbocycles. The van der Waals surface area contributed by atoms with E-state index in [0.29, 0.717) is 16.8 Å². The standard InChI is InChI=1S/C33H20Cl2F5IN2O5/c1-12-10-13(2-9-19(12)44)21-16-7-8-17-20(29(46)42(28(17)45)15-5-3-14(41)4-6-15)18(16)11-32(34)30(47)43(31(48)33(21,32)35)27-25(39)23(37)22(36)24(38)26(27)40/h2-7,9-10,17-18,20-21,44H,8,11H2,1H3/t17-,18+,20-,21-,32+,33-/m0/s1. The summed E-state index contributed by atoms with van der Waals surface area (Å²) in [6.07, 6.45) is 1.02. The van der Waals surface area contributed by atoms with E-state index in [2.05, 4.69) is 22.6 Å². The van der Waals surface area contributed by atoms with Crippen LogP contribution in [0.4, 0.5) is 33.3 Å². The highest BCUT2D eigenvalue weighted by Gasteiger charge is 2.77. The van der Waals surface area contributed by atoms with Crippen molar-refractivity contribution >= 4 is 80.8 Å². The normalized spacial score (nSPS) is 29.6. The van der Waals surface area contributed by atoms with Gasteiger partial charge in [0.1, 0.15) is 11.4 Å². The van der Waals surface area contributed by atoms with Crippen LogP contribution in [0.2, 0.25) is 0 Å². The summed E-state index contributed by atoms with van der Waals surface area (Å²) in [4.78, 5) is 51.9. The van der Waals surface area contributed by atoms with Gasteiger partial charge in [-0.1, -0.05) is 23.8 Å². The maximum absolute atomic E-state index is 15.2. The van der Waals surface area contributed by atoms with Gasteiger partial charge in [-0.25, -0.2) is 26.9 Å². The Bertz CT molecular complexity index is 2020. The van der Waals surface area contributed by atoms with E-state index in [0.717, 1.165) is 8.47 Å². The number of carbonyl (C=O) groups excluding carboxylic acids is 4. The smallest absolute Gasteiger partial charge is 0.258 e. The molecule has 6 atom stereocenters. The molecule has 0 unspecified atom stereocenters. The van der Waals surface area contributed by atoms with E-state index in [1.54, 1.807) is 30.3 Å². The largest absolute Gasteiger partial charge is 0.508 e. The molecular weight excluding hydrogens is 797 g/mol. The summed E-state index contributed by atoms with van der Waals surface area (Å²) in [6, 6.07) is 10.7. The van der Waals surface area contributed by atoms with Crippen molar-refractivity contribution in [1.29, 1.82) is 0 Å². The van der Waals surface area contributed by atoms with Gasteiger partial charge in [0, 0.05) is 9.49 Å². The van der Waals surface area contributed by atoms with E-state index in [9.17, 15) is 37.5 Å². The zero-order valence-corrected chi connectivity index (χ0v) is 28.0. The molecular formula is C33H20Cl2F5IN2O5. The molecule has 3 aromatic rings. The number of amides is 4. The van der Waals surface area contributed by atoms with E-state index in [4.69, 9.17) is 23.2 Å². The molecule has 2 aliphatic carbocycles. The van der Waals surface area contributed by atoms with Crippen molar-refractivity contribution in [2.24, 2.45) is 17.8 Å². The van der Waals surface area contributed by atoms with Crippen molar-refractivity contribution in [3.63, 3.8) is 0 Å². The minimum atomic E-state index is -2.63. The summed E-state index contributed by atoms with van der Waals surface area (Å²) < 4.78 is 73.9. The summed E-state index contributed by atoms with van der Waals surface area (Å²) in [7, 11) is 0. The Morgan fingerprint density at radius 3 is 2.02 bits per heavy atom. The number of fused-ring (bicyclic) bond motifs is 4. The van der Waals surface area contributed by atoms with Crippen molar-refractivity contribution < 1.29 is 46.2 Å². The second-order valence-electron chi connectivity index (χ2n) is 12.2. The third-order valence-electron chi connectivity index (χ3n) is 9.86. The Hall–Kier alpha value is -3.56. The van der Waals surface area contributed by atoms with Crippen molar-refractivity contribution in [1.82, 2.24) is 0 Å². The minimum absolute atomic E-state index is 0.0151. The number of nitrogens with zero attached hydrogens (tertiary/aromatic N) is 2. The number of alkyl halides is 2. The number of phenolic OH excluding ortho intramolecular Hbond substituents is 1. The number of benzene rings is 3. The maximum atomic E-state index is 15.2. The predicted octanol–water partition coefficient (Wildman–Crippen LogP) is 6.77. The third-order valence-corrected chi connectivity index (χ3v) is 12.0. The number of halogens is 8. The number of anilines is 2. The zero-order chi connectivity index (χ0) is 34.8. The number of aryl methyl sites for hydroxylation is 1. The van der Waals surface area contributed by atoms with Crippen LogP contribution >= 0.6 is 45.8 Å². The minimum Gasteiger partial charge on any atom is -0.508 e. The molecule has 248 valence electrons. The van der Waals surface area contributed by atoms with Crippen LogP contribution in [0.5, 0.6) is 5.75 Å². The molecule has 48 heavy (non-hydrogen) atoms. The fourth-order valence-corrected chi connectivity index (χ4v) is 8.94. The fourth-order valence-electron chi connectivity index (χ4n) is 7.64. The van der Waals surface area contributed by atoms with Gasteiger partial charge in [0.15, 0.2) is 33.0 Å².